The van der Waals surface area contributed by atoms with E-state index in [1.807, 2.05) is 20.8 Å². The molecule has 1 heterocycles. The number of carbonyl (C=O) groups is 1. The van der Waals surface area contributed by atoms with Gasteiger partial charge in [-0.2, -0.15) is 0 Å². The Morgan fingerprint density at radius 3 is 2.73 bits per heavy atom. The Kier molecular flexibility index (Phi) is 6.93. The topological polar surface area (TPSA) is 97.3 Å². The van der Waals surface area contributed by atoms with Gasteiger partial charge in [0.2, 0.25) is 5.16 Å². The number of ether oxygens (including phenoxy) is 2. The second-order valence-corrected chi connectivity index (χ2v) is 6.95. The molecular formula is C17H20ClN3O4S. The highest BCUT2D eigenvalue weighted by atomic mass is 35.5. The van der Waals surface area contributed by atoms with Gasteiger partial charge < -0.3 is 14.6 Å². The Bertz CT molecular complexity index is 820. The third-order valence-electron chi connectivity index (χ3n) is 3.16. The Balaban J connectivity index is 2.36. The lowest BCUT2D eigenvalue weighted by Crippen LogP contribution is -2.07. The lowest BCUT2D eigenvalue weighted by atomic mass is 10.2. The summed E-state index contributed by atoms with van der Waals surface area (Å²) in [5.74, 6) is 0.457. The van der Waals surface area contributed by atoms with Crippen LogP contribution >= 0.6 is 23.4 Å². The van der Waals surface area contributed by atoms with Crippen molar-refractivity contribution in [2.45, 2.75) is 38.5 Å². The molecule has 0 aliphatic heterocycles. The Hall–Kier alpha value is -2.19. The molecule has 0 aliphatic carbocycles. The van der Waals surface area contributed by atoms with Crippen LogP contribution in [0.2, 0.25) is 5.02 Å². The van der Waals surface area contributed by atoms with Crippen LogP contribution in [0.5, 0.6) is 11.5 Å². The summed E-state index contributed by atoms with van der Waals surface area (Å²) in [4.78, 5) is 15.9. The van der Waals surface area contributed by atoms with Crippen molar-refractivity contribution in [3.63, 3.8) is 0 Å². The van der Waals surface area contributed by atoms with E-state index >= 15 is 0 Å². The summed E-state index contributed by atoms with van der Waals surface area (Å²) in [6.07, 6.45) is 2.10. The molecule has 0 spiro atoms. The number of methoxy groups -OCH3 is 1. The van der Waals surface area contributed by atoms with E-state index in [0.29, 0.717) is 39.5 Å². The maximum Gasteiger partial charge on any atom is 0.342 e. The quantitative estimate of drug-likeness (QED) is 0.512. The fraction of sp³-hybridized carbons (Fsp3) is 0.353. The summed E-state index contributed by atoms with van der Waals surface area (Å²) in [5, 5.41) is 16.9. The highest BCUT2D eigenvalue weighted by Crippen LogP contribution is 2.38. The average molecular weight is 398 g/mol. The van der Waals surface area contributed by atoms with Gasteiger partial charge in [0.25, 0.3) is 0 Å². The van der Waals surface area contributed by atoms with Crippen molar-refractivity contribution < 1.29 is 19.4 Å². The van der Waals surface area contributed by atoms with Crippen molar-refractivity contribution in [2.24, 2.45) is 0 Å². The van der Waals surface area contributed by atoms with Gasteiger partial charge in [-0.3, -0.25) is 5.10 Å². The van der Waals surface area contributed by atoms with E-state index in [1.165, 1.54) is 13.2 Å². The van der Waals surface area contributed by atoms with Gasteiger partial charge in [-0.05, 0) is 49.4 Å². The van der Waals surface area contributed by atoms with Gasteiger partial charge in [0.05, 0.1) is 18.2 Å². The van der Waals surface area contributed by atoms with Crippen LogP contribution in [0.4, 0.5) is 0 Å². The smallest absolute Gasteiger partial charge is 0.342 e. The molecule has 7 nitrogen and oxygen atoms in total. The molecule has 0 bridgehead atoms. The minimum atomic E-state index is -1.09. The van der Waals surface area contributed by atoms with Gasteiger partial charge in [-0.15, -0.1) is 5.10 Å². The van der Waals surface area contributed by atoms with Crippen LogP contribution in [-0.4, -0.2) is 39.5 Å². The third-order valence-corrected chi connectivity index (χ3v) is 4.32. The van der Waals surface area contributed by atoms with E-state index in [2.05, 4.69) is 15.2 Å². The van der Waals surface area contributed by atoms with E-state index in [9.17, 15) is 9.90 Å². The van der Waals surface area contributed by atoms with E-state index in [0.717, 1.165) is 11.8 Å². The maximum absolute atomic E-state index is 11.6. The Morgan fingerprint density at radius 1 is 1.46 bits per heavy atom. The fourth-order valence-corrected chi connectivity index (χ4v) is 3.03. The molecule has 0 atom stereocenters. The maximum atomic E-state index is 11.6. The summed E-state index contributed by atoms with van der Waals surface area (Å²) in [7, 11) is 1.50. The second kappa shape index (κ2) is 8.95. The zero-order valence-corrected chi connectivity index (χ0v) is 16.4. The number of aliphatic carboxylic acids is 1. The van der Waals surface area contributed by atoms with E-state index in [4.69, 9.17) is 21.1 Å². The van der Waals surface area contributed by atoms with Gasteiger partial charge in [-0.25, -0.2) is 9.78 Å². The number of carboxylic acid groups (broad SMARTS) is 1. The first-order valence-electron chi connectivity index (χ1n) is 7.92. The zero-order chi connectivity index (χ0) is 19.3. The molecule has 0 unspecified atom stereocenters. The largest absolute Gasteiger partial charge is 0.493 e. The van der Waals surface area contributed by atoms with Crippen molar-refractivity contribution in [3.05, 3.63) is 33.4 Å². The van der Waals surface area contributed by atoms with Gasteiger partial charge in [-0.1, -0.05) is 18.5 Å². The number of rotatable bonds is 8. The lowest BCUT2D eigenvalue weighted by molar-refractivity contribution is -0.131. The number of aromatic amines is 1. The summed E-state index contributed by atoms with van der Waals surface area (Å²) < 4.78 is 11.0. The van der Waals surface area contributed by atoms with Crippen LogP contribution in [-0.2, 0) is 11.2 Å². The normalized spacial score (nSPS) is 11.7. The van der Waals surface area contributed by atoms with Crippen molar-refractivity contribution in [3.8, 4) is 11.5 Å². The number of aryl methyl sites for hydroxylation is 1. The summed E-state index contributed by atoms with van der Waals surface area (Å²) >= 11 is 7.24. The molecule has 0 saturated carbocycles. The van der Waals surface area contributed by atoms with Crippen molar-refractivity contribution in [2.75, 3.05) is 7.11 Å². The van der Waals surface area contributed by atoms with E-state index in [-0.39, 0.29) is 11.0 Å². The Morgan fingerprint density at radius 2 is 2.19 bits per heavy atom. The number of hydrogen-bond acceptors (Lipinski definition) is 6. The molecule has 1 aromatic carbocycles. The number of nitrogens with one attached hydrogen (secondary N) is 1. The third kappa shape index (κ3) is 5.15. The number of H-pyrrole nitrogens is 1. The molecule has 2 N–H and O–H groups in total. The molecule has 26 heavy (non-hydrogen) atoms. The minimum absolute atomic E-state index is 0.0577. The first-order valence-corrected chi connectivity index (χ1v) is 9.11. The van der Waals surface area contributed by atoms with E-state index < -0.39 is 5.97 Å². The molecule has 2 aromatic rings. The number of carboxylic acids is 1. The number of benzene rings is 1. The number of aromatic nitrogens is 3. The first kappa shape index (κ1) is 20.1. The van der Waals surface area contributed by atoms with Gasteiger partial charge in [0.15, 0.2) is 11.5 Å². The molecule has 0 aliphatic rings. The molecule has 0 fully saturated rings. The zero-order valence-electron chi connectivity index (χ0n) is 14.9. The average Bonchev–Trinajstić information content (AvgIpc) is 3.03. The molecular weight excluding hydrogens is 378 g/mol. The molecule has 1 aromatic heterocycles. The highest BCUT2D eigenvalue weighted by Gasteiger charge is 2.16. The number of thioether (sulfide) groups is 1. The molecule has 0 saturated heterocycles. The highest BCUT2D eigenvalue weighted by molar-refractivity contribution is 8.04. The predicted molar refractivity (Wildman–Crippen MR) is 101 cm³/mol. The molecule has 9 heteroatoms. The fourth-order valence-electron chi connectivity index (χ4n) is 2.04. The minimum Gasteiger partial charge on any atom is -0.493 e. The predicted octanol–water partition coefficient (Wildman–Crippen LogP) is 4.03. The van der Waals surface area contributed by atoms with Crippen molar-refractivity contribution in [1.29, 1.82) is 0 Å². The van der Waals surface area contributed by atoms with Crippen molar-refractivity contribution >= 4 is 35.4 Å². The molecule has 0 amide bonds. The number of hydrogen-bond donors (Lipinski definition) is 2. The Labute approximate surface area is 160 Å². The van der Waals surface area contributed by atoms with Crippen LogP contribution < -0.4 is 9.47 Å². The standard InChI is InChI=1S/C17H20ClN3O4S/c1-5-14-19-17(21-20-14)26-13(16(22)23)8-10-6-11(18)15(25-9(2)3)12(7-10)24-4/h6-9H,5H2,1-4H3,(H,22,23)(H,19,20,21)/b13-8+. The van der Waals surface area contributed by atoms with Gasteiger partial charge in [0, 0.05) is 6.42 Å². The SMILES string of the molecule is CCc1nc(S/C(=C/c2cc(Cl)c(OC(C)C)c(OC)c2)C(=O)O)n[nH]1. The number of halogens is 1. The summed E-state index contributed by atoms with van der Waals surface area (Å²) in [5.41, 5.74) is 0.569. The van der Waals surface area contributed by atoms with Crippen LogP contribution in [0, 0.1) is 0 Å². The second-order valence-electron chi connectivity index (χ2n) is 5.53. The van der Waals surface area contributed by atoms with Crippen LogP contribution in [0.3, 0.4) is 0 Å². The lowest BCUT2D eigenvalue weighted by Gasteiger charge is -2.15. The van der Waals surface area contributed by atoms with Crippen LogP contribution in [0.25, 0.3) is 6.08 Å². The van der Waals surface area contributed by atoms with Gasteiger partial charge >= 0.3 is 5.97 Å². The number of nitrogens with zero attached hydrogens (tertiary/aromatic N) is 2. The van der Waals surface area contributed by atoms with Crippen LogP contribution in [0.15, 0.2) is 22.2 Å². The van der Waals surface area contributed by atoms with Crippen LogP contribution in [0.1, 0.15) is 32.2 Å². The summed E-state index contributed by atoms with van der Waals surface area (Å²) in [6, 6.07) is 3.29. The monoisotopic (exact) mass is 397 g/mol. The molecule has 2 rings (SSSR count). The molecule has 140 valence electrons. The van der Waals surface area contributed by atoms with Gasteiger partial charge in [0.1, 0.15) is 10.7 Å². The summed E-state index contributed by atoms with van der Waals surface area (Å²) in [6.45, 7) is 5.69. The van der Waals surface area contributed by atoms with Crippen molar-refractivity contribution in [1.82, 2.24) is 15.2 Å². The van der Waals surface area contributed by atoms with E-state index in [1.54, 1.807) is 12.1 Å². The molecule has 0 radical (unpaired) electrons. The first-order chi connectivity index (χ1) is 12.3.